The molecule has 1 aliphatic rings. The van der Waals surface area contributed by atoms with Gasteiger partial charge in [-0.3, -0.25) is 4.79 Å². The molecule has 3 nitrogen and oxygen atoms in total. The predicted octanol–water partition coefficient (Wildman–Crippen LogP) is 3.04. The van der Waals surface area contributed by atoms with Crippen LogP contribution in [0.1, 0.15) is 18.4 Å². The lowest BCUT2D eigenvalue weighted by Gasteiger charge is -2.21. The summed E-state index contributed by atoms with van der Waals surface area (Å²) in [6.45, 7) is 1.77. The van der Waals surface area contributed by atoms with Gasteiger partial charge in [-0.2, -0.15) is 0 Å². The van der Waals surface area contributed by atoms with Crippen molar-refractivity contribution in [1.82, 2.24) is 5.32 Å². The van der Waals surface area contributed by atoms with Crippen LogP contribution in [-0.2, 0) is 16.1 Å². The van der Waals surface area contributed by atoms with E-state index in [4.69, 9.17) is 27.9 Å². The fourth-order valence-corrected chi connectivity index (χ4v) is 2.43. The minimum absolute atomic E-state index is 0.0600. The quantitative estimate of drug-likeness (QED) is 0.928. The molecule has 0 unspecified atom stereocenters. The van der Waals surface area contributed by atoms with E-state index in [1.54, 1.807) is 12.1 Å². The van der Waals surface area contributed by atoms with Crippen molar-refractivity contribution in [3.05, 3.63) is 33.8 Å². The SMILES string of the molecule is O=C(NCc1ccc(Cl)cc1Cl)C1CCOCC1. The average molecular weight is 288 g/mol. The van der Waals surface area contributed by atoms with E-state index in [1.807, 2.05) is 6.07 Å². The second-order valence-corrected chi connectivity index (χ2v) is 5.18. The second kappa shape index (κ2) is 6.41. The van der Waals surface area contributed by atoms with Crippen LogP contribution >= 0.6 is 23.2 Å². The van der Waals surface area contributed by atoms with Gasteiger partial charge in [0, 0.05) is 35.7 Å². The molecule has 0 saturated carbocycles. The van der Waals surface area contributed by atoms with Gasteiger partial charge in [0.05, 0.1) is 0 Å². The molecule has 98 valence electrons. The van der Waals surface area contributed by atoms with Crippen molar-refractivity contribution in [2.75, 3.05) is 13.2 Å². The third-order valence-corrected chi connectivity index (χ3v) is 3.65. The third kappa shape index (κ3) is 3.61. The smallest absolute Gasteiger partial charge is 0.223 e. The van der Waals surface area contributed by atoms with Crippen molar-refractivity contribution in [2.45, 2.75) is 19.4 Å². The minimum atomic E-state index is 0.0600. The molecule has 0 atom stereocenters. The Hall–Kier alpha value is -0.770. The Labute approximate surface area is 116 Å². The second-order valence-electron chi connectivity index (χ2n) is 4.34. The van der Waals surface area contributed by atoms with Gasteiger partial charge in [-0.25, -0.2) is 0 Å². The maximum atomic E-state index is 11.9. The van der Waals surface area contributed by atoms with Crippen molar-refractivity contribution in [2.24, 2.45) is 5.92 Å². The predicted molar refractivity (Wildman–Crippen MR) is 71.9 cm³/mol. The summed E-state index contributed by atoms with van der Waals surface area (Å²) in [5.74, 6) is 0.133. The van der Waals surface area contributed by atoms with Crippen LogP contribution in [0.3, 0.4) is 0 Å². The number of benzene rings is 1. The van der Waals surface area contributed by atoms with Crippen molar-refractivity contribution in [3.8, 4) is 0 Å². The van der Waals surface area contributed by atoms with E-state index in [0.29, 0.717) is 29.8 Å². The maximum absolute atomic E-state index is 11.9. The van der Waals surface area contributed by atoms with Crippen molar-refractivity contribution < 1.29 is 9.53 Å². The monoisotopic (exact) mass is 287 g/mol. The van der Waals surface area contributed by atoms with E-state index in [9.17, 15) is 4.79 Å². The van der Waals surface area contributed by atoms with Gasteiger partial charge in [-0.1, -0.05) is 29.3 Å². The molecule has 0 bridgehead atoms. The number of amides is 1. The van der Waals surface area contributed by atoms with Gasteiger partial charge in [-0.15, -0.1) is 0 Å². The molecular weight excluding hydrogens is 273 g/mol. The third-order valence-electron chi connectivity index (χ3n) is 3.06. The summed E-state index contributed by atoms with van der Waals surface area (Å²) in [5, 5.41) is 4.08. The highest BCUT2D eigenvalue weighted by atomic mass is 35.5. The zero-order valence-corrected chi connectivity index (χ0v) is 11.4. The van der Waals surface area contributed by atoms with Crippen LogP contribution in [0.5, 0.6) is 0 Å². The van der Waals surface area contributed by atoms with Gasteiger partial charge >= 0.3 is 0 Å². The molecule has 1 heterocycles. The Morgan fingerprint density at radius 3 is 2.72 bits per heavy atom. The lowest BCUT2D eigenvalue weighted by molar-refractivity contribution is -0.128. The first-order chi connectivity index (χ1) is 8.66. The van der Waals surface area contributed by atoms with Crippen molar-refractivity contribution in [1.29, 1.82) is 0 Å². The topological polar surface area (TPSA) is 38.3 Å². The van der Waals surface area contributed by atoms with Crippen LogP contribution in [0, 0.1) is 5.92 Å². The van der Waals surface area contributed by atoms with E-state index >= 15 is 0 Å². The molecule has 0 aromatic heterocycles. The Kier molecular flexibility index (Phi) is 4.87. The summed E-state index contributed by atoms with van der Waals surface area (Å²) >= 11 is 11.9. The van der Waals surface area contributed by atoms with Crippen LogP contribution in [0.4, 0.5) is 0 Å². The van der Waals surface area contributed by atoms with E-state index < -0.39 is 0 Å². The fraction of sp³-hybridized carbons (Fsp3) is 0.462. The highest BCUT2D eigenvalue weighted by molar-refractivity contribution is 6.35. The highest BCUT2D eigenvalue weighted by Gasteiger charge is 2.21. The normalized spacial score (nSPS) is 16.6. The maximum Gasteiger partial charge on any atom is 0.223 e. The molecular formula is C13H15Cl2NO2. The number of carbonyl (C=O) groups excluding carboxylic acids is 1. The molecule has 1 N–H and O–H groups in total. The molecule has 5 heteroatoms. The van der Waals surface area contributed by atoms with E-state index in [0.717, 1.165) is 18.4 Å². The van der Waals surface area contributed by atoms with Gasteiger partial charge in [0.25, 0.3) is 0 Å². The minimum Gasteiger partial charge on any atom is -0.381 e. The van der Waals surface area contributed by atoms with E-state index in [2.05, 4.69) is 5.32 Å². The van der Waals surface area contributed by atoms with Gasteiger partial charge in [-0.05, 0) is 30.5 Å². The summed E-state index contributed by atoms with van der Waals surface area (Å²) in [7, 11) is 0. The molecule has 1 amide bonds. The number of hydrogen-bond acceptors (Lipinski definition) is 2. The van der Waals surface area contributed by atoms with Crippen LogP contribution in [0.2, 0.25) is 10.0 Å². The number of ether oxygens (including phenoxy) is 1. The molecule has 0 aliphatic carbocycles. The standard InChI is InChI=1S/C13H15Cl2NO2/c14-11-2-1-10(12(15)7-11)8-16-13(17)9-3-5-18-6-4-9/h1-2,7,9H,3-6,8H2,(H,16,17). The number of nitrogens with one attached hydrogen (secondary N) is 1. The largest absolute Gasteiger partial charge is 0.381 e. The number of rotatable bonds is 3. The van der Waals surface area contributed by atoms with Crippen molar-refractivity contribution in [3.63, 3.8) is 0 Å². The highest BCUT2D eigenvalue weighted by Crippen LogP contribution is 2.21. The zero-order chi connectivity index (χ0) is 13.0. The molecule has 2 rings (SSSR count). The zero-order valence-electron chi connectivity index (χ0n) is 9.92. The van der Waals surface area contributed by atoms with Gasteiger partial charge < -0.3 is 10.1 Å². The fourth-order valence-electron chi connectivity index (χ4n) is 1.95. The van der Waals surface area contributed by atoms with Gasteiger partial charge in [0.2, 0.25) is 5.91 Å². The molecule has 1 aliphatic heterocycles. The summed E-state index contributed by atoms with van der Waals surface area (Å²) in [4.78, 5) is 11.9. The molecule has 1 aromatic carbocycles. The summed E-state index contributed by atoms with van der Waals surface area (Å²) in [5.41, 5.74) is 0.876. The number of halogens is 2. The Morgan fingerprint density at radius 1 is 1.33 bits per heavy atom. The van der Waals surface area contributed by atoms with Crippen molar-refractivity contribution >= 4 is 29.1 Å². The van der Waals surface area contributed by atoms with Crippen LogP contribution in [0.15, 0.2) is 18.2 Å². The lowest BCUT2D eigenvalue weighted by Crippen LogP contribution is -2.33. The molecule has 1 saturated heterocycles. The van der Waals surface area contributed by atoms with Crippen LogP contribution < -0.4 is 5.32 Å². The summed E-state index contributed by atoms with van der Waals surface area (Å²) in [6.07, 6.45) is 1.58. The van der Waals surface area contributed by atoms with Gasteiger partial charge in [0.15, 0.2) is 0 Å². The average Bonchev–Trinajstić information content (AvgIpc) is 2.38. The first-order valence-electron chi connectivity index (χ1n) is 5.96. The van der Waals surface area contributed by atoms with Crippen LogP contribution in [0.25, 0.3) is 0 Å². The lowest BCUT2D eigenvalue weighted by atomic mass is 9.99. The molecule has 1 aromatic rings. The van der Waals surface area contributed by atoms with Crippen LogP contribution in [-0.4, -0.2) is 19.1 Å². The Balaban J connectivity index is 1.88. The number of carbonyl (C=O) groups is 1. The Morgan fingerprint density at radius 2 is 2.06 bits per heavy atom. The molecule has 0 radical (unpaired) electrons. The van der Waals surface area contributed by atoms with Gasteiger partial charge in [0.1, 0.15) is 0 Å². The number of hydrogen-bond donors (Lipinski definition) is 1. The summed E-state index contributed by atoms with van der Waals surface area (Å²) in [6, 6.07) is 5.28. The summed E-state index contributed by atoms with van der Waals surface area (Å²) < 4.78 is 5.23. The first-order valence-corrected chi connectivity index (χ1v) is 6.72. The first kappa shape index (κ1) is 13.7. The molecule has 1 fully saturated rings. The van der Waals surface area contributed by atoms with E-state index in [-0.39, 0.29) is 11.8 Å². The molecule has 0 spiro atoms. The Bertz CT molecular complexity index is 431. The molecule has 18 heavy (non-hydrogen) atoms. The van der Waals surface area contributed by atoms with E-state index in [1.165, 1.54) is 0 Å².